The van der Waals surface area contributed by atoms with Crippen LogP contribution in [0.5, 0.6) is 0 Å². The van der Waals surface area contributed by atoms with Crippen molar-refractivity contribution in [2.45, 2.75) is 69.9 Å². The second kappa shape index (κ2) is 6.55. The molecular weight excluding hydrogens is 390 g/mol. The second-order valence-corrected chi connectivity index (χ2v) is 10.8. The van der Waals surface area contributed by atoms with E-state index >= 15 is 0 Å². The van der Waals surface area contributed by atoms with Crippen molar-refractivity contribution in [1.29, 1.82) is 0 Å². The van der Waals surface area contributed by atoms with E-state index in [-0.39, 0.29) is 12.1 Å². The Hall–Kier alpha value is -2.41. The number of carbonyl (C=O) groups is 1. The maximum Gasteiger partial charge on any atom is 0.410 e. The fraction of sp³-hybridized carbons (Fsp3) is 0.625. The number of aromatic nitrogens is 3. The predicted molar refractivity (Wildman–Crippen MR) is 116 cm³/mol. The number of amides is 1. The van der Waals surface area contributed by atoms with Crippen molar-refractivity contribution < 1.29 is 9.53 Å². The van der Waals surface area contributed by atoms with Gasteiger partial charge in [-0.2, -0.15) is 5.10 Å². The maximum atomic E-state index is 12.9. The first-order valence-corrected chi connectivity index (χ1v) is 11.6. The van der Waals surface area contributed by atoms with E-state index in [1.807, 2.05) is 31.9 Å². The molecule has 1 amide bonds. The van der Waals surface area contributed by atoms with Gasteiger partial charge in [-0.05, 0) is 58.1 Å². The Morgan fingerprint density at radius 1 is 1.23 bits per heavy atom. The highest BCUT2D eigenvalue weighted by Crippen LogP contribution is 2.64. The highest BCUT2D eigenvalue weighted by atomic mass is 16.6. The molecule has 5 aliphatic rings. The van der Waals surface area contributed by atoms with Gasteiger partial charge in [0.15, 0.2) is 0 Å². The molecular formula is C24H31N5O2. The lowest BCUT2D eigenvalue weighted by Crippen LogP contribution is -2.55. The first kappa shape index (κ1) is 19.3. The monoisotopic (exact) mass is 421 g/mol. The van der Waals surface area contributed by atoms with Crippen LogP contribution < -0.4 is 5.32 Å². The van der Waals surface area contributed by atoms with Gasteiger partial charge in [-0.25, -0.2) is 9.48 Å². The van der Waals surface area contributed by atoms with Crippen molar-refractivity contribution in [3.05, 3.63) is 41.0 Å². The molecule has 0 aromatic carbocycles. The number of nitrogens with zero attached hydrogens (tertiary/aromatic N) is 4. The highest BCUT2D eigenvalue weighted by Gasteiger charge is 2.58. The predicted octanol–water partition coefficient (Wildman–Crippen LogP) is 3.30. The van der Waals surface area contributed by atoms with Crippen LogP contribution in [0.15, 0.2) is 18.3 Å². The first-order valence-electron chi connectivity index (χ1n) is 11.6. The molecule has 31 heavy (non-hydrogen) atoms. The van der Waals surface area contributed by atoms with Crippen LogP contribution >= 0.6 is 0 Å². The van der Waals surface area contributed by atoms with Gasteiger partial charge in [0.2, 0.25) is 0 Å². The molecule has 2 aromatic heterocycles. The number of hydrogen-bond donors (Lipinski definition) is 1. The van der Waals surface area contributed by atoms with E-state index in [0.29, 0.717) is 12.0 Å². The van der Waals surface area contributed by atoms with Gasteiger partial charge < -0.3 is 10.1 Å². The van der Waals surface area contributed by atoms with Crippen LogP contribution in [0.3, 0.4) is 0 Å². The maximum absolute atomic E-state index is 12.9. The second-order valence-electron chi connectivity index (χ2n) is 10.8. The molecule has 2 bridgehead atoms. The van der Waals surface area contributed by atoms with Gasteiger partial charge in [0.1, 0.15) is 5.60 Å². The normalized spacial score (nSPS) is 28.8. The van der Waals surface area contributed by atoms with Crippen molar-refractivity contribution in [3.63, 3.8) is 0 Å². The smallest absolute Gasteiger partial charge is 0.410 e. The summed E-state index contributed by atoms with van der Waals surface area (Å²) in [5, 5.41) is 8.48. The molecule has 0 spiro atoms. The average Bonchev–Trinajstić information content (AvgIpc) is 2.87. The van der Waals surface area contributed by atoms with Crippen molar-refractivity contribution in [1.82, 2.24) is 25.0 Å². The third-order valence-electron chi connectivity index (χ3n) is 7.48. The van der Waals surface area contributed by atoms with Gasteiger partial charge >= 0.3 is 6.09 Å². The lowest BCUT2D eigenvalue weighted by molar-refractivity contribution is -0.0308. The molecule has 2 aromatic rings. The number of rotatable bonds is 2. The molecule has 1 atom stereocenters. The summed E-state index contributed by atoms with van der Waals surface area (Å²) in [4.78, 5) is 19.7. The van der Waals surface area contributed by atoms with Crippen molar-refractivity contribution in [3.8, 4) is 5.69 Å². The third kappa shape index (κ3) is 3.00. The summed E-state index contributed by atoms with van der Waals surface area (Å²) < 4.78 is 7.79. The lowest BCUT2D eigenvalue weighted by Gasteiger charge is -2.61. The Bertz CT molecular complexity index is 1020. The van der Waals surface area contributed by atoms with E-state index in [1.54, 1.807) is 0 Å². The Balaban J connectivity index is 1.33. The largest absolute Gasteiger partial charge is 0.444 e. The molecule has 3 saturated carbocycles. The van der Waals surface area contributed by atoms with E-state index in [1.165, 1.54) is 36.2 Å². The van der Waals surface area contributed by atoms with E-state index in [2.05, 4.69) is 22.1 Å². The molecule has 3 fully saturated rings. The van der Waals surface area contributed by atoms with Crippen LogP contribution in [0, 0.1) is 5.92 Å². The van der Waals surface area contributed by atoms with Crippen LogP contribution in [0.1, 0.15) is 68.7 Å². The molecule has 7 heteroatoms. The van der Waals surface area contributed by atoms with Crippen molar-refractivity contribution >= 4 is 6.09 Å². The van der Waals surface area contributed by atoms with Gasteiger partial charge in [-0.3, -0.25) is 9.88 Å². The van der Waals surface area contributed by atoms with E-state index < -0.39 is 5.60 Å². The summed E-state index contributed by atoms with van der Waals surface area (Å²) in [6.07, 6.45) is 7.33. The van der Waals surface area contributed by atoms with E-state index in [0.717, 1.165) is 43.2 Å². The van der Waals surface area contributed by atoms with E-state index in [9.17, 15) is 4.79 Å². The highest BCUT2D eigenvalue weighted by molar-refractivity contribution is 5.70. The minimum Gasteiger partial charge on any atom is -0.444 e. The molecule has 1 N–H and O–H groups in total. The van der Waals surface area contributed by atoms with Gasteiger partial charge in [-0.15, -0.1) is 0 Å². The lowest BCUT2D eigenvalue weighted by atomic mass is 9.43. The zero-order chi connectivity index (χ0) is 21.4. The molecule has 7 nitrogen and oxygen atoms in total. The number of hydrogen-bond acceptors (Lipinski definition) is 5. The van der Waals surface area contributed by atoms with Crippen LogP contribution in [-0.2, 0) is 23.0 Å². The molecule has 7 rings (SSSR count). The van der Waals surface area contributed by atoms with Gasteiger partial charge in [0, 0.05) is 49.1 Å². The summed E-state index contributed by atoms with van der Waals surface area (Å²) in [6, 6.07) is 4.34. The van der Waals surface area contributed by atoms with Crippen LogP contribution in [0.4, 0.5) is 4.79 Å². The summed E-state index contributed by atoms with van der Waals surface area (Å²) in [5.41, 5.74) is 5.64. The minimum absolute atomic E-state index is 0.0437. The molecule has 0 saturated heterocycles. The van der Waals surface area contributed by atoms with E-state index in [4.69, 9.17) is 14.8 Å². The SMILES string of the molecule is CC(C)(C)OC(=O)N1CCc2c3c(nn2-c2ccc(C45CC(C4)C5)nc2)CCNCC31. The molecule has 3 aliphatic carbocycles. The quantitative estimate of drug-likeness (QED) is 0.806. The van der Waals surface area contributed by atoms with Gasteiger partial charge in [0.25, 0.3) is 0 Å². The molecule has 0 radical (unpaired) electrons. The fourth-order valence-electron chi connectivity index (χ4n) is 5.89. The third-order valence-corrected chi connectivity index (χ3v) is 7.48. The molecule has 1 unspecified atom stereocenters. The Kier molecular flexibility index (Phi) is 4.07. The molecule has 164 valence electrons. The summed E-state index contributed by atoms with van der Waals surface area (Å²) >= 11 is 0. The van der Waals surface area contributed by atoms with Gasteiger partial charge in [0.05, 0.1) is 29.3 Å². The van der Waals surface area contributed by atoms with Crippen molar-refractivity contribution in [2.75, 3.05) is 19.6 Å². The number of nitrogens with one attached hydrogen (secondary N) is 1. The molecule has 2 aliphatic heterocycles. The number of carbonyl (C=O) groups excluding carboxylic acids is 1. The average molecular weight is 422 g/mol. The summed E-state index contributed by atoms with van der Waals surface area (Å²) in [6.45, 7) is 7.97. The standard InChI is InChI=1S/C24H31N5O2/c1-23(2,3)31-22(30)28-9-7-18-21-17(6-8-25-14-19(21)28)27-29(18)16-4-5-20(26-13-16)24-10-15(11-24)12-24/h4-5,13,15,19,25H,6-12,14H2,1-3H3. The first-order chi connectivity index (χ1) is 14.8. The Labute approximate surface area is 183 Å². The summed E-state index contributed by atoms with van der Waals surface area (Å²) in [7, 11) is 0. The van der Waals surface area contributed by atoms with Gasteiger partial charge in [-0.1, -0.05) is 0 Å². The fourth-order valence-corrected chi connectivity index (χ4v) is 5.89. The van der Waals surface area contributed by atoms with Crippen LogP contribution in [0.25, 0.3) is 5.69 Å². The number of pyridine rings is 1. The Morgan fingerprint density at radius 2 is 2.03 bits per heavy atom. The summed E-state index contributed by atoms with van der Waals surface area (Å²) in [5.74, 6) is 0.950. The minimum atomic E-state index is -0.504. The van der Waals surface area contributed by atoms with Crippen LogP contribution in [-0.4, -0.2) is 51.0 Å². The van der Waals surface area contributed by atoms with Crippen LogP contribution in [0.2, 0.25) is 0 Å². The molecule has 4 heterocycles. The van der Waals surface area contributed by atoms with Crippen molar-refractivity contribution in [2.24, 2.45) is 5.92 Å². The Morgan fingerprint density at radius 3 is 2.68 bits per heavy atom. The number of ether oxygens (including phenoxy) is 1. The zero-order valence-electron chi connectivity index (χ0n) is 18.6. The topological polar surface area (TPSA) is 72.3 Å². The zero-order valence-corrected chi connectivity index (χ0v) is 18.6.